The minimum Gasteiger partial charge on any atom is -0.497 e. The molecule has 2 amide bonds. The van der Waals surface area contributed by atoms with Gasteiger partial charge in [0, 0.05) is 18.4 Å². The molecule has 0 saturated carbocycles. The summed E-state index contributed by atoms with van der Waals surface area (Å²) in [5.41, 5.74) is 0.429. The van der Waals surface area contributed by atoms with Crippen molar-refractivity contribution in [1.29, 1.82) is 0 Å². The number of fused-ring (bicyclic) bond motifs is 2. The smallest absolute Gasteiger partial charge is 0.497 e. The molecule has 9 nitrogen and oxygen atoms in total. The first kappa shape index (κ1) is 37.0. The lowest BCUT2D eigenvalue weighted by molar-refractivity contribution is -0.771. The molecule has 10 heteroatoms. The van der Waals surface area contributed by atoms with Crippen molar-refractivity contribution in [3.63, 3.8) is 0 Å². The molecule has 4 aromatic carbocycles. The number of quaternary nitrogens is 1. The molecule has 3 aliphatic heterocycles. The molecule has 0 radical (unpaired) electrons. The monoisotopic (exact) mass is 735 g/mol. The molecule has 0 bridgehead atoms. The Kier molecular flexibility index (Phi) is 9.64. The first-order chi connectivity index (χ1) is 25.3. The Hall–Kier alpha value is -4.35. The van der Waals surface area contributed by atoms with E-state index < -0.39 is 31.9 Å². The zero-order chi connectivity index (χ0) is 37.8. The number of hydrogen-bond acceptors (Lipinski definition) is 7. The molecule has 4 aromatic rings. The summed E-state index contributed by atoms with van der Waals surface area (Å²) in [6.45, 7) is 13.1. The van der Waals surface area contributed by atoms with Crippen LogP contribution in [0.25, 0.3) is 10.8 Å². The van der Waals surface area contributed by atoms with Crippen LogP contribution in [0.15, 0.2) is 91.0 Å². The molecule has 6 atom stereocenters. The third-order valence-electron chi connectivity index (χ3n) is 11.9. The summed E-state index contributed by atoms with van der Waals surface area (Å²) < 4.78 is 24.5. The van der Waals surface area contributed by atoms with Gasteiger partial charge in [0.25, 0.3) is 8.32 Å². The van der Waals surface area contributed by atoms with Gasteiger partial charge in [0.1, 0.15) is 23.3 Å². The predicted molar refractivity (Wildman–Crippen MR) is 207 cm³/mol. The maximum atomic E-state index is 14.6. The number of ketones is 1. The number of epoxide rings is 1. The number of hydrogen-bond donors (Lipinski definition) is 1. The van der Waals surface area contributed by atoms with Gasteiger partial charge in [0.05, 0.1) is 26.9 Å². The molecule has 278 valence electrons. The van der Waals surface area contributed by atoms with Crippen LogP contribution in [0.4, 0.5) is 4.79 Å². The van der Waals surface area contributed by atoms with Crippen LogP contribution in [0.1, 0.15) is 63.4 Å². The Bertz CT molecular complexity index is 1990. The number of carbonyl (C=O) groups is 3. The Morgan fingerprint density at radius 2 is 1.58 bits per heavy atom. The Morgan fingerprint density at radius 3 is 2.15 bits per heavy atom. The normalized spacial score (nSPS) is 25.3. The van der Waals surface area contributed by atoms with Gasteiger partial charge >= 0.3 is 6.09 Å². The summed E-state index contributed by atoms with van der Waals surface area (Å²) in [6.07, 6.45) is 0.532. The number of Topliss-reactive ketones (excluding diaryl/α,β-unsaturated/α-hetero) is 1. The van der Waals surface area contributed by atoms with Crippen LogP contribution >= 0.6 is 0 Å². The molecule has 5 unspecified atom stereocenters. The summed E-state index contributed by atoms with van der Waals surface area (Å²) in [6, 6.07) is 29.9. The van der Waals surface area contributed by atoms with E-state index in [-0.39, 0.29) is 46.7 Å². The van der Waals surface area contributed by atoms with Gasteiger partial charge in [0.15, 0.2) is 11.8 Å². The van der Waals surface area contributed by atoms with Crippen molar-refractivity contribution in [3.05, 3.63) is 102 Å². The van der Waals surface area contributed by atoms with Gasteiger partial charge in [0.2, 0.25) is 12.1 Å². The zero-order valence-electron chi connectivity index (χ0n) is 31.8. The number of nitrogens with one attached hydrogen (secondary N) is 1. The van der Waals surface area contributed by atoms with E-state index in [1.165, 1.54) is 0 Å². The molecule has 7 rings (SSSR count). The van der Waals surface area contributed by atoms with Gasteiger partial charge in [-0.25, -0.2) is 0 Å². The van der Waals surface area contributed by atoms with E-state index in [2.05, 4.69) is 74.6 Å². The van der Waals surface area contributed by atoms with Crippen LogP contribution in [0, 0.1) is 12.8 Å². The lowest BCUT2D eigenvalue weighted by Gasteiger charge is -2.43. The molecule has 53 heavy (non-hydrogen) atoms. The van der Waals surface area contributed by atoms with Gasteiger partial charge in [-0.15, -0.1) is 0 Å². The minimum absolute atomic E-state index is 0.0441. The number of nitrogens with zero attached hydrogens (tertiary/aromatic N) is 1. The molecule has 0 aromatic heterocycles. The minimum atomic E-state index is -2.91. The SMILES string of the molecule is CCOC(=O)[N+]12C(CO[Si](c3ccccc3)(c3ccccc3)C(C)(C)C)CC[C@@H]1C2NC(=O)C(C(=O)c1cc(OC)cc2c(C)cccc12)C1(C)CO1. The van der Waals surface area contributed by atoms with Gasteiger partial charge in [-0.2, -0.15) is 9.28 Å². The van der Waals surface area contributed by atoms with E-state index in [4.69, 9.17) is 18.6 Å². The fourth-order valence-electron chi connectivity index (χ4n) is 9.07. The highest BCUT2D eigenvalue weighted by Crippen LogP contribution is 2.53. The number of benzene rings is 4. The van der Waals surface area contributed by atoms with E-state index in [0.717, 1.165) is 33.1 Å². The Balaban J connectivity index is 1.21. The molecule has 3 fully saturated rings. The van der Waals surface area contributed by atoms with Crippen LogP contribution in [0.3, 0.4) is 0 Å². The third-order valence-corrected chi connectivity index (χ3v) is 16.9. The standard InChI is InChI=1S/C43H50N2O7Si/c1-8-50-41(48)45-29(26-52-53(42(3,4)5,31-17-11-9-12-18-31)32-19-13-10-14-20-32)22-23-36(45)39(45)44-40(47)37(43(6)27-51-43)38(46)35-25-30(49-7)24-34-28(2)16-15-21-33(34)35/h9-21,24-25,29,36-37,39H,8,22-23,26-27H2,1-7H3/p+1/t29?,36-,37?,39?,43?,45?/m1/s1. The number of amides is 2. The molecular weight excluding hydrogens is 685 g/mol. The predicted octanol–water partition coefficient (Wildman–Crippen LogP) is 6.28. The molecule has 3 saturated heterocycles. The van der Waals surface area contributed by atoms with E-state index in [1.54, 1.807) is 27.0 Å². The lowest BCUT2D eigenvalue weighted by Crippen LogP contribution is -2.67. The van der Waals surface area contributed by atoms with Crippen molar-refractivity contribution in [2.24, 2.45) is 5.92 Å². The quantitative estimate of drug-likeness (QED) is 0.0601. The fraction of sp³-hybridized carbons (Fsp3) is 0.419. The zero-order valence-corrected chi connectivity index (χ0v) is 32.8. The lowest BCUT2D eigenvalue weighted by atomic mass is 9.84. The molecule has 0 aliphatic carbocycles. The van der Waals surface area contributed by atoms with Crippen molar-refractivity contribution in [2.75, 3.05) is 26.9 Å². The number of rotatable bonds is 12. The first-order valence-electron chi connectivity index (χ1n) is 18.7. The maximum absolute atomic E-state index is 14.6. The summed E-state index contributed by atoms with van der Waals surface area (Å²) in [7, 11) is -1.35. The molecular formula is C43H51N2O7Si+. The molecule has 1 N–H and O–H groups in total. The van der Waals surface area contributed by atoms with Crippen molar-refractivity contribution in [1.82, 2.24) is 5.32 Å². The van der Waals surface area contributed by atoms with Crippen molar-refractivity contribution in [3.8, 4) is 5.75 Å². The summed E-state index contributed by atoms with van der Waals surface area (Å²) >= 11 is 0. The summed E-state index contributed by atoms with van der Waals surface area (Å²) in [5, 5.41) is 6.90. The van der Waals surface area contributed by atoms with Crippen molar-refractivity contribution >= 4 is 47.2 Å². The topological polar surface area (TPSA) is 103 Å². The average Bonchev–Trinajstić information content (AvgIpc) is 3.99. The largest absolute Gasteiger partial charge is 0.518 e. The number of piperidine rings is 1. The number of carbonyl (C=O) groups excluding carboxylic acids is 3. The number of ether oxygens (including phenoxy) is 3. The highest BCUT2D eigenvalue weighted by atomic mass is 28.4. The Morgan fingerprint density at radius 1 is 0.943 bits per heavy atom. The van der Waals surface area contributed by atoms with E-state index >= 15 is 0 Å². The number of aryl methyl sites for hydroxylation is 1. The highest BCUT2D eigenvalue weighted by Gasteiger charge is 2.80. The number of methoxy groups -OCH3 is 1. The van der Waals surface area contributed by atoms with Crippen LogP contribution in [0.2, 0.25) is 5.04 Å². The second kappa shape index (κ2) is 13.8. The van der Waals surface area contributed by atoms with Crippen molar-refractivity contribution in [2.45, 2.75) is 83.3 Å². The van der Waals surface area contributed by atoms with E-state index in [9.17, 15) is 14.4 Å². The van der Waals surface area contributed by atoms with Gasteiger partial charge < -0.3 is 24.0 Å². The van der Waals surface area contributed by atoms with Gasteiger partial charge in [-0.05, 0) is 64.7 Å². The van der Waals surface area contributed by atoms with E-state index in [1.807, 2.05) is 43.3 Å². The van der Waals surface area contributed by atoms with Crippen LogP contribution in [-0.4, -0.2) is 81.4 Å². The summed E-state index contributed by atoms with van der Waals surface area (Å²) in [5.74, 6) is -1.39. The van der Waals surface area contributed by atoms with Crippen molar-refractivity contribution < 1.29 is 37.5 Å². The van der Waals surface area contributed by atoms with E-state index in [0.29, 0.717) is 24.3 Å². The highest BCUT2D eigenvalue weighted by molar-refractivity contribution is 6.99. The maximum Gasteiger partial charge on any atom is 0.518 e. The van der Waals surface area contributed by atoms with Crippen LogP contribution in [-0.2, 0) is 18.7 Å². The molecule has 0 spiro atoms. The summed E-state index contributed by atoms with van der Waals surface area (Å²) in [4.78, 5) is 43.2. The third kappa shape index (κ3) is 6.09. The van der Waals surface area contributed by atoms with Gasteiger partial charge in [-0.1, -0.05) is 99.6 Å². The molecule has 3 aliphatic rings. The molecule has 3 heterocycles. The Labute approximate surface area is 313 Å². The second-order valence-corrected chi connectivity index (χ2v) is 20.3. The first-order valence-corrected chi connectivity index (χ1v) is 20.6. The van der Waals surface area contributed by atoms with Crippen LogP contribution in [0.5, 0.6) is 5.75 Å². The fourth-order valence-corrected chi connectivity index (χ4v) is 13.7. The van der Waals surface area contributed by atoms with Gasteiger partial charge in [-0.3, -0.25) is 9.59 Å². The van der Waals surface area contributed by atoms with Crippen LogP contribution < -0.4 is 20.4 Å². The average molecular weight is 736 g/mol. The second-order valence-electron chi connectivity index (χ2n) is 16.0.